The van der Waals surface area contributed by atoms with Gasteiger partial charge in [0.2, 0.25) is 0 Å². The Labute approximate surface area is 103 Å². The molecule has 0 heterocycles. The Morgan fingerprint density at radius 3 is 2.56 bits per heavy atom. The van der Waals surface area contributed by atoms with Crippen LogP contribution in [0.3, 0.4) is 0 Å². The minimum Gasteiger partial charge on any atom is -0.466 e. The van der Waals surface area contributed by atoms with Crippen molar-refractivity contribution in [2.45, 2.75) is 39.0 Å². The fourth-order valence-corrected chi connectivity index (χ4v) is 2.23. The third-order valence-corrected chi connectivity index (χ3v) is 3.27. The van der Waals surface area contributed by atoms with Gasteiger partial charge >= 0.3 is 5.97 Å². The van der Waals surface area contributed by atoms with Crippen LogP contribution in [0.4, 0.5) is 0 Å². The van der Waals surface area contributed by atoms with Gasteiger partial charge in [-0.15, -0.1) is 0 Å². The first-order valence-electron chi connectivity index (χ1n) is 6.03. The van der Waals surface area contributed by atoms with E-state index in [1.54, 1.807) is 7.11 Å². The Kier molecular flexibility index (Phi) is 12.7. The summed E-state index contributed by atoms with van der Waals surface area (Å²) in [6.07, 6.45) is 4.97. The fraction of sp³-hybridized carbons (Fsp3) is 0.917. The lowest BCUT2D eigenvalue weighted by atomic mass is 10.2. The van der Waals surface area contributed by atoms with Crippen LogP contribution in [-0.4, -0.2) is 37.8 Å². The van der Waals surface area contributed by atoms with Gasteiger partial charge < -0.3 is 9.47 Å². The van der Waals surface area contributed by atoms with E-state index in [4.69, 9.17) is 9.47 Å². The first-order chi connectivity index (χ1) is 7.81. The van der Waals surface area contributed by atoms with Gasteiger partial charge in [-0.05, 0) is 37.7 Å². The molecule has 0 aliphatic rings. The molecule has 0 aliphatic heterocycles. The van der Waals surface area contributed by atoms with Crippen LogP contribution in [0, 0.1) is 0 Å². The van der Waals surface area contributed by atoms with Gasteiger partial charge in [0.25, 0.3) is 0 Å². The Balaban J connectivity index is 3.01. The van der Waals surface area contributed by atoms with Gasteiger partial charge in [0.05, 0.1) is 6.61 Å². The lowest BCUT2D eigenvalue weighted by Gasteiger charge is -2.02. The number of ether oxygens (including phenoxy) is 2. The molecular formula is C12H24O3S. The molecule has 0 aromatic carbocycles. The van der Waals surface area contributed by atoms with E-state index in [2.05, 4.69) is 0 Å². The highest BCUT2D eigenvalue weighted by atomic mass is 32.2. The van der Waals surface area contributed by atoms with Crippen molar-refractivity contribution in [3.8, 4) is 0 Å². The van der Waals surface area contributed by atoms with Crippen molar-refractivity contribution < 1.29 is 14.3 Å². The SMILES string of the molecule is CCOC(=O)CCCCCSCCCOC. The molecule has 4 heteroatoms. The summed E-state index contributed by atoms with van der Waals surface area (Å²) in [7, 11) is 1.74. The molecule has 0 unspecified atom stereocenters. The number of hydrogen-bond donors (Lipinski definition) is 0. The first kappa shape index (κ1) is 15.8. The van der Waals surface area contributed by atoms with Crippen LogP contribution in [0.1, 0.15) is 39.0 Å². The second-order valence-electron chi connectivity index (χ2n) is 3.57. The van der Waals surface area contributed by atoms with Crippen molar-refractivity contribution in [2.24, 2.45) is 0 Å². The van der Waals surface area contributed by atoms with Gasteiger partial charge in [-0.2, -0.15) is 11.8 Å². The monoisotopic (exact) mass is 248 g/mol. The Morgan fingerprint density at radius 1 is 1.12 bits per heavy atom. The molecule has 0 spiro atoms. The smallest absolute Gasteiger partial charge is 0.305 e. The van der Waals surface area contributed by atoms with Gasteiger partial charge in [-0.1, -0.05) is 6.42 Å². The average Bonchev–Trinajstić information content (AvgIpc) is 2.27. The van der Waals surface area contributed by atoms with E-state index in [1.807, 2.05) is 18.7 Å². The van der Waals surface area contributed by atoms with E-state index in [0.29, 0.717) is 13.0 Å². The molecular weight excluding hydrogens is 224 g/mol. The zero-order valence-corrected chi connectivity index (χ0v) is 11.3. The van der Waals surface area contributed by atoms with Gasteiger partial charge in [0, 0.05) is 20.1 Å². The van der Waals surface area contributed by atoms with Crippen molar-refractivity contribution in [3.05, 3.63) is 0 Å². The molecule has 0 N–H and O–H groups in total. The summed E-state index contributed by atoms with van der Waals surface area (Å²) in [5.41, 5.74) is 0. The predicted octanol–water partition coefficient (Wildman–Crippen LogP) is 2.88. The quantitative estimate of drug-likeness (QED) is 0.416. The second-order valence-corrected chi connectivity index (χ2v) is 4.80. The number of thioether (sulfide) groups is 1. The number of methoxy groups -OCH3 is 1. The van der Waals surface area contributed by atoms with Crippen molar-refractivity contribution in [2.75, 3.05) is 31.8 Å². The molecule has 0 aliphatic carbocycles. The topological polar surface area (TPSA) is 35.5 Å². The van der Waals surface area contributed by atoms with Gasteiger partial charge in [0.15, 0.2) is 0 Å². The zero-order chi connectivity index (χ0) is 12.1. The van der Waals surface area contributed by atoms with Crippen LogP contribution < -0.4 is 0 Å². The van der Waals surface area contributed by atoms with E-state index >= 15 is 0 Å². The van der Waals surface area contributed by atoms with Crippen molar-refractivity contribution >= 4 is 17.7 Å². The average molecular weight is 248 g/mol. The molecule has 0 bridgehead atoms. The molecule has 0 atom stereocenters. The van der Waals surface area contributed by atoms with E-state index in [9.17, 15) is 4.79 Å². The van der Waals surface area contributed by atoms with Crippen LogP contribution >= 0.6 is 11.8 Å². The maximum atomic E-state index is 11.0. The van der Waals surface area contributed by atoms with E-state index in [-0.39, 0.29) is 5.97 Å². The highest BCUT2D eigenvalue weighted by molar-refractivity contribution is 7.99. The second kappa shape index (κ2) is 12.8. The molecule has 0 radical (unpaired) electrons. The summed E-state index contributed by atoms with van der Waals surface area (Å²) in [5.74, 6) is 2.30. The number of esters is 1. The molecule has 0 aromatic rings. The Bertz CT molecular complexity index is 162. The van der Waals surface area contributed by atoms with E-state index in [1.165, 1.54) is 17.9 Å². The standard InChI is InChI=1S/C12H24O3S/c1-3-15-12(13)8-5-4-6-10-16-11-7-9-14-2/h3-11H2,1-2H3. The predicted molar refractivity (Wildman–Crippen MR) is 68.9 cm³/mol. The Hall–Kier alpha value is -0.220. The molecule has 0 aromatic heterocycles. The minimum atomic E-state index is -0.0600. The number of hydrogen-bond acceptors (Lipinski definition) is 4. The normalized spacial score (nSPS) is 10.4. The molecule has 0 saturated heterocycles. The summed E-state index contributed by atoms with van der Waals surface area (Å²) in [6.45, 7) is 3.19. The van der Waals surface area contributed by atoms with Crippen molar-refractivity contribution in [1.29, 1.82) is 0 Å². The lowest BCUT2D eigenvalue weighted by Crippen LogP contribution is -2.03. The Morgan fingerprint density at radius 2 is 1.88 bits per heavy atom. The summed E-state index contributed by atoms with van der Waals surface area (Å²) in [4.78, 5) is 11.0. The summed E-state index contributed by atoms with van der Waals surface area (Å²) in [5, 5.41) is 0. The maximum absolute atomic E-state index is 11.0. The minimum absolute atomic E-state index is 0.0600. The van der Waals surface area contributed by atoms with E-state index < -0.39 is 0 Å². The summed E-state index contributed by atoms with van der Waals surface area (Å²) >= 11 is 1.97. The number of rotatable bonds is 11. The van der Waals surface area contributed by atoms with Crippen LogP contribution in [-0.2, 0) is 14.3 Å². The fourth-order valence-electron chi connectivity index (χ4n) is 1.29. The third-order valence-electron chi connectivity index (χ3n) is 2.11. The van der Waals surface area contributed by atoms with Gasteiger partial charge in [-0.25, -0.2) is 0 Å². The molecule has 16 heavy (non-hydrogen) atoms. The van der Waals surface area contributed by atoms with Gasteiger partial charge in [0.1, 0.15) is 0 Å². The molecule has 0 fully saturated rings. The molecule has 0 amide bonds. The third kappa shape index (κ3) is 11.9. The maximum Gasteiger partial charge on any atom is 0.305 e. The highest BCUT2D eigenvalue weighted by Gasteiger charge is 2.00. The number of unbranched alkanes of at least 4 members (excludes halogenated alkanes) is 2. The first-order valence-corrected chi connectivity index (χ1v) is 7.19. The molecule has 96 valence electrons. The summed E-state index contributed by atoms with van der Waals surface area (Å²) < 4.78 is 9.83. The van der Waals surface area contributed by atoms with Crippen LogP contribution in [0.25, 0.3) is 0 Å². The van der Waals surface area contributed by atoms with Crippen LogP contribution in [0.15, 0.2) is 0 Å². The largest absolute Gasteiger partial charge is 0.466 e. The van der Waals surface area contributed by atoms with Crippen LogP contribution in [0.5, 0.6) is 0 Å². The molecule has 0 saturated carbocycles. The van der Waals surface area contributed by atoms with E-state index in [0.717, 1.165) is 25.9 Å². The van der Waals surface area contributed by atoms with Crippen molar-refractivity contribution in [3.63, 3.8) is 0 Å². The number of carbonyl (C=O) groups is 1. The highest BCUT2D eigenvalue weighted by Crippen LogP contribution is 2.09. The molecule has 3 nitrogen and oxygen atoms in total. The lowest BCUT2D eigenvalue weighted by molar-refractivity contribution is -0.143. The summed E-state index contributed by atoms with van der Waals surface area (Å²) in [6, 6.07) is 0. The van der Waals surface area contributed by atoms with Crippen molar-refractivity contribution in [1.82, 2.24) is 0 Å². The molecule has 0 rings (SSSR count). The zero-order valence-electron chi connectivity index (χ0n) is 10.5. The number of carbonyl (C=O) groups excluding carboxylic acids is 1. The van der Waals surface area contributed by atoms with Gasteiger partial charge in [-0.3, -0.25) is 4.79 Å². The van der Waals surface area contributed by atoms with Crippen LogP contribution in [0.2, 0.25) is 0 Å².